The van der Waals surface area contributed by atoms with Gasteiger partial charge in [-0.3, -0.25) is 0 Å². The monoisotopic (exact) mass is 401 g/mol. The van der Waals surface area contributed by atoms with Gasteiger partial charge in [-0.15, -0.1) is 0 Å². The summed E-state index contributed by atoms with van der Waals surface area (Å²) in [6.07, 6.45) is 0. The molecular weight excluding hydrogens is 381 g/mol. The van der Waals surface area contributed by atoms with Gasteiger partial charge in [-0.25, -0.2) is 0 Å². The van der Waals surface area contributed by atoms with E-state index < -0.39 is 18.4 Å². The summed E-state index contributed by atoms with van der Waals surface area (Å²) in [5, 5.41) is 2.67. The quantitative estimate of drug-likeness (QED) is 0.673. The summed E-state index contributed by atoms with van der Waals surface area (Å²) >= 11 is -2.37. The van der Waals surface area contributed by atoms with Crippen LogP contribution >= 0.6 is 0 Å². The van der Waals surface area contributed by atoms with E-state index in [2.05, 4.69) is 26.2 Å². The number of rotatable bonds is 2. The Labute approximate surface area is 134 Å². The van der Waals surface area contributed by atoms with Crippen LogP contribution in [0.25, 0.3) is 11.1 Å². The van der Waals surface area contributed by atoms with Crippen LogP contribution in [0.2, 0.25) is 14.8 Å². The number of carbonyl (C=O) groups excluding carboxylic acids is 2. The van der Waals surface area contributed by atoms with Crippen molar-refractivity contribution < 1.29 is 9.59 Å². The van der Waals surface area contributed by atoms with Crippen LogP contribution in [0.5, 0.6) is 0 Å². The van der Waals surface area contributed by atoms with Crippen LogP contribution in [0, 0.1) is 0 Å². The molecule has 0 spiro atoms. The molecule has 0 aliphatic heterocycles. The van der Waals surface area contributed by atoms with Gasteiger partial charge in [-0.05, 0) is 0 Å². The molecule has 2 aromatic rings. The van der Waals surface area contributed by atoms with Crippen molar-refractivity contribution in [1.82, 2.24) is 5.32 Å². The second-order valence-corrected chi connectivity index (χ2v) is 21.1. The SMILES string of the molecule is CNC(=O)c1c[c]([Sn]([CH3])([CH3])[CH3])cc2c1C(=O)c1ccccc1-2. The van der Waals surface area contributed by atoms with Gasteiger partial charge in [-0.2, -0.15) is 0 Å². The molecule has 4 heteroatoms. The number of nitrogens with one attached hydrogen (secondary N) is 1. The summed E-state index contributed by atoms with van der Waals surface area (Å²) in [4.78, 5) is 32.0. The fourth-order valence-electron chi connectivity index (χ4n) is 2.90. The van der Waals surface area contributed by atoms with Crippen molar-refractivity contribution in [3.05, 3.63) is 53.1 Å². The van der Waals surface area contributed by atoms with Crippen molar-refractivity contribution in [3.8, 4) is 11.1 Å². The molecule has 0 unspecified atom stereocenters. The van der Waals surface area contributed by atoms with Gasteiger partial charge in [0.25, 0.3) is 0 Å². The minimum atomic E-state index is -2.37. The third kappa shape index (κ3) is 2.28. The Bertz CT molecular complexity index is 803. The molecule has 0 atom stereocenters. The number of fused-ring (bicyclic) bond motifs is 3. The molecule has 0 aromatic heterocycles. The van der Waals surface area contributed by atoms with E-state index in [0.717, 1.165) is 11.1 Å². The summed E-state index contributed by atoms with van der Waals surface area (Å²) in [6.45, 7) is 0. The Morgan fingerprint density at radius 3 is 2.23 bits per heavy atom. The summed E-state index contributed by atoms with van der Waals surface area (Å²) < 4.78 is 1.26. The van der Waals surface area contributed by atoms with Crippen LogP contribution in [0.3, 0.4) is 0 Å². The normalized spacial score (nSPS) is 12.8. The van der Waals surface area contributed by atoms with E-state index in [4.69, 9.17) is 0 Å². The van der Waals surface area contributed by atoms with E-state index in [-0.39, 0.29) is 11.7 Å². The second kappa shape index (κ2) is 5.23. The summed E-state index contributed by atoms with van der Waals surface area (Å²) in [6, 6.07) is 11.7. The number of benzene rings is 2. The van der Waals surface area contributed by atoms with Crippen molar-refractivity contribution in [2.75, 3.05) is 7.05 Å². The van der Waals surface area contributed by atoms with Gasteiger partial charge >= 0.3 is 135 Å². The zero-order valence-electron chi connectivity index (χ0n) is 13.3. The molecule has 0 fully saturated rings. The van der Waals surface area contributed by atoms with Crippen LogP contribution in [0.15, 0.2) is 36.4 Å². The maximum absolute atomic E-state index is 12.7. The molecule has 1 N–H and O–H groups in total. The van der Waals surface area contributed by atoms with Gasteiger partial charge in [0.2, 0.25) is 0 Å². The van der Waals surface area contributed by atoms with Crippen LogP contribution < -0.4 is 8.90 Å². The first kappa shape index (κ1) is 15.3. The van der Waals surface area contributed by atoms with Gasteiger partial charge in [0.1, 0.15) is 0 Å². The Morgan fingerprint density at radius 1 is 1.00 bits per heavy atom. The van der Waals surface area contributed by atoms with Crippen LogP contribution in [0.1, 0.15) is 26.3 Å². The number of carbonyl (C=O) groups is 2. The van der Waals surface area contributed by atoms with E-state index >= 15 is 0 Å². The minimum absolute atomic E-state index is 0.0418. The molecule has 3 nitrogen and oxygen atoms in total. The molecule has 0 heterocycles. The molecule has 0 bridgehead atoms. The molecule has 0 saturated carbocycles. The van der Waals surface area contributed by atoms with Crippen molar-refractivity contribution in [3.63, 3.8) is 0 Å². The number of hydrogen-bond donors (Lipinski definition) is 1. The van der Waals surface area contributed by atoms with Crippen molar-refractivity contribution in [2.24, 2.45) is 0 Å². The zero-order chi connectivity index (χ0) is 16.1. The van der Waals surface area contributed by atoms with Crippen molar-refractivity contribution >= 4 is 33.6 Å². The first-order chi connectivity index (χ1) is 10.3. The fraction of sp³-hybridized carbons (Fsp3) is 0.222. The average molecular weight is 400 g/mol. The van der Waals surface area contributed by atoms with Crippen LogP contribution in [0.4, 0.5) is 0 Å². The second-order valence-electron chi connectivity index (χ2n) is 6.65. The third-order valence-electron chi connectivity index (χ3n) is 4.16. The topological polar surface area (TPSA) is 46.2 Å². The average Bonchev–Trinajstić information content (AvgIpc) is 2.79. The summed E-state index contributed by atoms with van der Waals surface area (Å²) in [5.41, 5.74) is 3.64. The van der Waals surface area contributed by atoms with E-state index in [1.807, 2.05) is 30.3 Å². The molecule has 112 valence electrons. The number of hydrogen-bond acceptors (Lipinski definition) is 2. The Hall–Kier alpha value is -1.62. The Kier molecular flexibility index (Phi) is 3.63. The third-order valence-corrected chi connectivity index (χ3v) is 9.93. The molecule has 2 aromatic carbocycles. The fourth-order valence-corrected chi connectivity index (χ4v) is 6.19. The van der Waals surface area contributed by atoms with Gasteiger partial charge < -0.3 is 0 Å². The predicted octanol–water partition coefficient (Wildman–Crippen LogP) is 2.80. The molecule has 0 saturated heterocycles. The van der Waals surface area contributed by atoms with E-state index in [0.29, 0.717) is 16.7 Å². The van der Waals surface area contributed by atoms with Gasteiger partial charge in [0, 0.05) is 0 Å². The molecule has 1 aliphatic rings. The van der Waals surface area contributed by atoms with E-state index in [9.17, 15) is 9.59 Å². The molecule has 3 rings (SSSR count). The standard InChI is InChI=1S/C15H10NO2.3CH3.Sn/c1-16-15(18)12-8-4-7-10-9-5-2-3-6-11(9)14(17)13(10)12;;;;/h2-3,5-8H,1H3,(H,16,18);3*1H3;. The first-order valence-electron chi connectivity index (χ1n) is 7.39. The first-order valence-corrected chi connectivity index (χ1v) is 17.4. The van der Waals surface area contributed by atoms with Gasteiger partial charge in [0.15, 0.2) is 0 Å². The Morgan fingerprint density at radius 2 is 1.64 bits per heavy atom. The van der Waals surface area contributed by atoms with Crippen LogP contribution in [-0.2, 0) is 0 Å². The van der Waals surface area contributed by atoms with Crippen LogP contribution in [-0.4, -0.2) is 37.1 Å². The van der Waals surface area contributed by atoms with Gasteiger partial charge in [-0.1, -0.05) is 0 Å². The van der Waals surface area contributed by atoms with Crippen molar-refractivity contribution in [1.29, 1.82) is 0 Å². The summed E-state index contributed by atoms with van der Waals surface area (Å²) in [7, 11) is 1.61. The zero-order valence-corrected chi connectivity index (χ0v) is 16.1. The summed E-state index contributed by atoms with van der Waals surface area (Å²) in [5.74, 6) is -0.227. The molecular formula is C18H19NO2Sn. The molecule has 22 heavy (non-hydrogen) atoms. The van der Waals surface area contributed by atoms with E-state index in [1.165, 1.54) is 3.58 Å². The van der Waals surface area contributed by atoms with Crippen molar-refractivity contribution in [2.45, 2.75) is 14.8 Å². The predicted molar refractivity (Wildman–Crippen MR) is 91.7 cm³/mol. The number of amides is 1. The van der Waals surface area contributed by atoms with Gasteiger partial charge in [0.05, 0.1) is 0 Å². The van der Waals surface area contributed by atoms with E-state index in [1.54, 1.807) is 7.05 Å². The maximum atomic E-state index is 12.7. The Balaban J connectivity index is 2.37. The molecule has 1 aliphatic carbocycles. The molecule has 0 radical (unpaired) electrons. The number of ketones is 1. The molecule has 1 amide bonds.